The highest BCUT2D eigenvalue weighted by Crippen LogP contribution is 2.24. The Kier molecular flexibility index (Phi) is 5.77. The summed E-state index contributed by atoms with van der Waals surface area (Å²) in [5.74, 6) is -0.630. The van der Waals surface area contributed by atoms with Crippen LogP contribution in [0.4, 0.5) is 5.69 Å². The monoisotopic (exact) mass is 315 g/mol. The lowest BCUT2D eigenvalue weighted by atomic mass is 10.0. The summed E-state index contributed by atoms with van der Waals surface area (Å²) in [6.07, 6.45) is 1.40. The summed E-state index contributed by atoms with van der Waals surface area (Å²) >= 11 is 3.30. The SMILES string of the molecule is CCOC(=O)c1c(CCCBr)cccc1[N+](=O)[O-]. The maximum Gasteiger partial charge on any atom is 0.345 e. The van der Waals surface area contributed by atoms with Crippen molar-refractivity contribution in [1.82, 2.24) is 0 Å². The molecule has 1 aromatic rings. The molecule has 18 heavy (non-hydrogen) atoms. The first-order valence-electron chi connectivity index (χ1n) is 5.61. The van der Waals surface area contributed by atoms with E-state index in [2.05, 4.69) is 15.9 Å². The zero-order valence-electron chi connectivity index (χ0n) is 10.0. The quantitative estimate of drug-likeness (QED) is 0.350. The van der Waals surface area contributed by atoms with E-state index in [0.717, 1.165) is 11.8 Å². The Hall–Kier alpha value is -1.43. The molecule has 1 rings (SSSR count). The number of alkyl halides is 1. The number of esters is 1. The van der Waals surface area contributed by atoms with Gasteiger partial charge in [0, 0.05) is 11.4 Å². The number of nitro groups is 1. The fourth-order valence-electron chi connectivity index (χ4n) is 1.64. The van der Waals surface area contributed by atoms with Gasteiger partial charge in [-0.3, -0.25) is 10.1 Å². The van der Waals surface area contributed by atoms with Crippen LogP contribution in [0.5, 0.6) is 0 Å². The molecule has 0 amide bonds. The van der Waals surface area contributed by atoms with Crippen molar-refractivity contribution in [3.63, 3.8) is 0 Å². The number of aryl methyl sites for hydroxylation is 1. The summed E-state index contributed by atoms with van der Waals surface area (Å²) in [4.78, 5) is 22.2. The molecule has 5 nitrogen and oxygen atoms in total. The average Bonchev–Trinajstić information content (AvgIpc) is 2.35. The van der Waals surface area contributed by atoms with Gasteiger partial charge in [0.05, 0.1) is 11.5 Å². The maximum absolute atomic E-state index is 11.8. The minimum absolute atomic E-state index is 0.0744. The summed E-state index contributed by atoms with van der Waals surface area (Å²) in [5, 5.41) is 11.7. The van der Waals surface area contributed by atoms with E-state index in [-0.39, 0.29) is 17.9 Å². The van der Waals surface area contributed by atoms with Gasteiger partial charge in [0.1, 0.15) is 5.56 Å². The number of hydrogen-bond donors (Lipinski definition) is 0. The molecular formula is C12H14BrNO4. The first kappa shape index (κ1) is 14.6. The third kappa shape index (κ3) is 3.53. The highest BCUT2D eigenvalue weighted by molar-refractivity contribution is 9.09. The lowest BCUT2D eigenvalue weighted by molar-refractivity contribution is -0.385. The smallest absolute Gasteiger partial charge is 0.345 e. The van der Waals surface area contributed by atoms with E-state index in [1.807, 2.05) is 0 Å². The number of ether oxygens (including phenoxy) is 1. The second-order valence-electron chi connectivity index (χ2n) is 3.58. The van der Waals surface area contributed by atoms with Crippen LogP contribution in [0, 0.1) is 10.1 Å². The van der Waals surface area contributed by atoms with Crippen LogP contribution in [0.15, 0.2) is 18.2 Å². The number of halogens is 1. The molecule has 0 unspecified atom stereocenters. The molecule has 0 N–H and O–H groups in total. The van der Waals surface area contributed by atoms with E-state index in [4.69, 9.17) is 4.74 Å². The number of nitro benzene ring substituents is 1. The molecule has 0 radical (unpaired) electrons. The Balaban J connectivity index is 3.20. The molecule has 0 heterocycles. The molecular weight excluding hydrogens is 302 g/mol. The number of carbonyl (C=O) groups excluding carboxylic acids is 1. The lowest BCUT2D eigenvalue weighted by Gasteiger charge is -2.08. The van der Waals surface area contributed by atoms with Gasteiger partial charge in [0.2, 0.25) is 0 Å². The highest BCUT2D eigenvalue weighted by Gasteiger charge is 2.24. The minimum atomic E-state index is -0.630. The molecule has 0 fully saturated rings. The van der Waals surface area contributed by atoms with Crippen molar-refractivity contribution in [2.45, 2.75) is 19.8 Å². The number of benzene rings is 1. The van der Waals surface area contributed by atoms with Crippen LogP contribution >= 0.6 is 15.9 Å². The Morgan fingerprint density at radius 3 is 2.78 bits per heavy atom. The van der Waals surface area contributed by atoms with Gasteiger partial charge >= 0.3 is 5.97 Å². The normalized spacial score (nSPS) is 10.1. The van der Waals surface area contributed by atoms with Crippen molar-refractivity contribution in [2.24, 2.45) is 0 Å². The summed E-state index contributed by atoms with van der Waals surface area (Å²) in [7, 11) is 0. The number of nitrogens with zero attached hydrogens (tertiary/aromatic N) is 1. The van der Waals surface area contributed by atoms with Crippen molar-refractivity contribution in [3.05, 3.63) is 39.4 Å². The van der Waals surface area contributed by atoms with Gasteiger partial charge in [-0.25, -0.2) is 4.79 Å². The predicted molar refractivity (Wildman–Crippen MR) is 71.2 cm³/mol. The fraction of sp³-hybridized carbons (Fsp3) is 0.417. The highest BCUT2D eigenvalue weighted by atomic mass is 79.9. The standard InChI is InChI=1S/C12H14BrNO4/c1-2-18-12(15)11-9(6-4-8-13)5-3-7-10(11)14(16)17/h3,5,7H,2,4,6,8H2,1H3. The van der Waals surface area contributed by atoms with Gasteiger partial charge in [-0.05, 0) is 25.3 Å². The number of hydrogen-bond acceptors (Lipinski definition) is 4. The Morgan fingerprint density at radius 1 is 1.50 bits per heavy atom. The largest absolute Gasteiger partial charge is 0.462 e. The molecule has 0 aliphatic heterocycles. The van der Waals surface area contributed by atoms with Crippen molar-refractivity contribution in [3.8, 4) is 0 Å². The zero-order valence-corrected chi connectivity index (χ0v) is 11.6. The van der Waals surface area contributed by atoms with Crippen molar-refractivity contribution in [2.75, 3.05) is 11.9 Å². The molecule has 0 atom stereocenters. The van der Waals surface area contributed by atoms with Crippen molar-refractivity contribution < 1.29 is 14.5 Å². The zero-order chi connectivity index (χ0) is 13.5. The van der Waals surface area contributed by atoms with Gasteiger partial charge in [-0.1, -0.05) is 28.1 Å². The predicted octanol–water partition coefficient (Wildman–Crippen LogP) is 3.10. The molecule has 0 aliphatic carbocycles. The van der Waals surface area contributed by atoms with Crippen molar-refractivity contribution >= 4 is 27.6 Å². The van der Waals surface area contributed by atoms with Crippen LogP contribution in [0.1, 0.15) is 29.3 Å². The Labute approximate surface area is 113 Å². The van der Waals surface area contributed by atoms with Crippen LogP contribution in [-0.2, 0) is 11.2 Å². The summed E-state index contributed by atoms with van der Waals surface area (Å²) < 4.78 is 4.88. The molecule has 0 saturated heterocycles. The van der Waals surface area contributed by atoms with E-state index in [1.165, 1.54) is 6.07 Å². The van der Waals surface area contributed by atoms with Gasteiger partial charge in [-0.2, -0.15) is 0 Å². The van der Waals surface area contributed by atoms with E-state index in [0.29, 0.717) is 12.0 Å². The Bertz CT molecular complexity index is 448. The van der Waals surface area contributed by atoms with Crippen molar-refractivity contribution in [1.29, 1.82) is 0 Å². The third-order valence-corrected chi connectivity index (χ3v) is 2.95. The average molecular weight is 316 g/mol. The second kappa shape index (κ2) is 7.10. The summed E-state index contributed by atoms with van der Waals surface area (Å²) in [5.41, 5.74) is 0.535. The first-order chi connectivity index (χ1) is 8.61. The molecule has 0 bridgehead atoms. The van der Waals surface area contributed by atoms with E-state index < -0.39 is 10.9 Å². The van der Waals surface area contributed by atoms with Crippen LogP contribution in [0.25, 0.3) is 0 Å². The van der Waals surface area contributed by atoms with E-state index >= 15 is 0 Å². The molecule has 0 aliphatic rings. The maximum atomic E-state index is 11.8. The van der Waals surface area contributed by atoms with Crippen LogP contribution in [0.2, 0.25) is 0 Å². The first-order valence-corrected chi connectivity index (χ1v) is 6.73. The second-order valence-corrected chi connectivity index (χ2v) is 4.37. The lowest BCUT2D eigenvalue weighted by Crippen LogP contribution is -2.11. The molecule has 0 aromatic heterocycles. The van der Waals surface area contributed by atoms with E-state index in [9.17, 15) is 14.9 Å². The third-order valence-electron chi connectivity index (χ3n) is 2.38. The molecule has 98 valence electrons. The van der Waals surface area contributed by atoms with Crippen LogP contribution < -0.4 is 0 Å². The van der Waals surface area contributed by atoms with Gasteiger partial charge in [-0.15, -0.1) is 0 Å². The number of rotatable bonds is 6. The number of carbonyl (C=O) groups is 1. The fourth-order valence-corrected chi connectivity index (χ4v) is 1.92. The van der Waals surface area contributed by atoms with E-state index in [1.54, 1.807) is 19.1 Å². The molecule has 6 heteroatoms. The molecule has 1 aromatic carbocycles. The van der Waals surface area contributed by atoms with Gasteiger partial charge in [0.15, 0.2) is 0 Å². The van der Waals surface area contributed by atoms with Gasteiger partial charge < -0.3 is 4.74 Å². The van der Waals surface area contributed by atoms with Crippen LogP contribution in [0.3, 0.4) is 0 Å². The molecule has 0 saturated carbocycles. The summed E-state index contributed by atoms with van der Waals surface area (Å²) in [6, 6.07) is 4.64. The van der Waals surface area contributed by atoms with Gasteiger partial charge in [0.25, 0.3) is 5.69 Å². The van der Waals surface area contributed by atoms with Crippen LogP contribution in [-0.4, -0.2) is 22.8 Å². The topological polar surface area (TPSA) is 69.4 Å². The minimum Gasteiger partial charge on any atom is -0.462 e. The summed E-state index contributed by atoms with van der Waals surface area (Å²) in [6.45, 7) is 1.87. The Morgan fingerprint density at radius 2 is 2.22 bits per heavy atom. The molecule has 0 spiro atoms.